The minimum atomic E-state index is -0.201. The van der Waals surface area contributed by atoms with Crippen molar-refractivity contribution in [2.75, 3.05) is 13.1 Å². The Balaban J connectivity index is 1.39. The zero-order valence-corrected chi connectivity index (χ0v) is 13.1. The molecule has 0 fully saturated rings. The molecule has 0 saturated carbocycles. The highest BCUT2D eigenvalue weighted by molar-refractivity contribution is 5.93. The van der Waals surface area contributed by atoms with Gasteiger partial charge in [-0.25, -0.2) is 9.38 Å². The van der Waals surface area contributed by atoms with Gasteiger partial charge in [0.25, 0.3) is 0 Å². The van der Waals surface area contributed by atoms with Crippen molar-refractivity contribution >= 4 is 23.5 Å². The van der Waals surface area contributed by atoms with Crippen LogP contribution in [0.5, 0.6) is 0 Å². The summed E-state index contributed by atoms with van der Waals surface area (Å²) in [6.07, 6.45) is 2.77. The highest BCUT2D eigenvalue weighted by Gasteiger charge is 2.14. The Morgan fingerprint density at radius 3 is 2.83 bits per heavy atom. The Morgan fingerprint density at radius 2 is 1.96 bits per heavy atom. The molecule has 6 heteroatoms. The summed E-state index contributed by atoms with van der Waals surface area (Å²) in [5.74, 6) is 1.59. The van der Waals surface area contributed by atoms with Crippen LogP contribution in [0.4, 0.5) is 10.1 Å². The molecule has 0 amide bonds. The van der Waals surface area contributed by atoms with E-state index in [1.54, 1.807) is 0 Å². The fourth-order valence-corrected chi connectivity index (χ4v) is 2.88. The van der Waals surface area contributed by atoms with Crippen molar-refractivity contribution in [3.63, 3.8) is 0 Å². The van der Waals surface area contributed by atoms with Gasteiger partial charge >= 0.3 is 0 Å². The van der Waals surface area contributed by atoms with Crippen molar-refractivity contribution < 1.29 is 4.39 Å². The summed E-state index contributed by atoms with van der Waals surface area (Å²) in [6, 6.07) is 12.7. The van der Waals surface area contributed by atoms with Crippen molar-refractivity contribution in [2.24, 2.45) is 4.99 Å². The molecule has 4 rings (SSSR count). The lowest BCUT2D eigenvalue weighted by molar-refractivity contribution is 0.626. The van der Waals surface area contributed by atoms with E-state index in [9.17, 15) is 4.39 Å². The van der Waals surface area contributed by atoms with Gasteiger partial charge < -0.3 is 16.1 Å². The Bertz CT molecular complexity index is 902. The molecule has 0 atom stereocenters. The van der Waals surface area contributed by atoms with E-state index < -0.39 is 0 Å². The minimum absolute atomic E-state index is 0.201. The predicted molar refractivity (Wildman–Crippen MR) is 93.0 cm³/mol. The maximum atomic E-state index is 12.9. The quantitative estimate of drug-likeness (QED) is 0.594. The molecule has 122 valence electrons. The second-order valence-corrected chi connectivity index (χ2v) is 5.77. The van der Waals surface area contributed by atoms with E-state index in [-0.39, 0.29) is 5.82 Å². The molecule has 4 N–H and O–H groups in total. The molecular formula is C18H18FN5. The molecule has 0 spiro atoms. The lowest BCUT2D eigenvalue weighted by Crippen LogP contribution is -2.52. The van der Waals surface area contributed by atoms with E-state index in [2.05, 4.69) is 32.5 Å². The summed E-state index contributed by atoms with van der Waals surface area (Å²) in [5.41, 5.74) is 8.23. The second-order valence-electron chi connectivity index (χ2n) is 5.77. The summed E-state index contributed by atoms with van der Waals surface area (Å²) in [4.78, 5) is 4.68. The van der Waals surface area contributed by atoms with Gasteiger partial charge in [-0.1, -0.05) is 24.3 Å². The number of nitrogens with zero attached hydrogens (tertiary/aromatic N) is 1. The number of aliphatic imine (C=N–C) groups is 1. The first-order valence-electron chi connectivity index (χ1n) is 7.94. The van der Waals surface area contributed by atoms with Gasteiger partial charge in [0.2, 0.25) is 0 Å². The van der Waals surface area contributed by atoms with Crippen molar-refractivity contribution in [1.29, 1.82) is 0 Å². The predicted octanol–water partition coefficient (Wildman–Crippen LogP) is 0.203. The number of hydrazine groups is 1. The van der Waals surface area contributed by atoms with E-state index in [1.807, 2.05) is 30.5 Å². The van der Waals surface area contributed by atoms with Crippen molar-refractivity contribution in [2.45, 2.75) is 6.42 Å². The maximum absolute atomic E-state index is 12.9. The molecule has 0 aliphatic carbocycles. The molecule has 0 bridgehead atoms. The van der Waals surface area contributed by atoms with Gasteiger partial charge in [0.05, 0.1) is 17.5 Å². The number of hydrogen-bond acceptors (Lipinski definition) is 5. The Labute approximate surface area is 139 Å². The first-order chi connectivity index (χ1) is 11.8. The summed E-state index contributed by atoms with van der Waals surface area (Å²) in [6.45, 7) is 1.44. The van der Waals surface area contributed by atoms with E-state index >= 15 is 0 Å². The SMILES string of the molecule is Fc1ccc(CCNCC2=Nc3cccc4c3=C(NNC=4)N2)cc1. The molecule has 2 aliphatic heterocycles. The van der Waals surface area contributed by atoms with Crippen LogP contribution in [0.15, 0.2) is 47.5 Å². The van der Waals surface area contributed by atoms with Gasteiger partial charge in [0.15, 0.2) is 0 Å². The summed E-state index contributed by atoms with van der Waals surface area (Å²) < 4.78 is 12.9. The number of rotatable bonds is 5. The zero-order valence-electron chi connectivity index (χ0n) is 13.1. The first-order valence-corrected chi connectivity index (χ1v) is 7.94. The average molecular weight is 323 g/mol. The van der Waals surface area contributed by atoms with Crippen molar-refractivity contribution in [3.05, 3.63) is 64.3 Å². The van der Waals surface area contributed by atoms with Gasteiger partial charge in [-0.05, 0) is 36.7 Å². The van der Waals surface area contributed by atoms with Crippen LogP contribution in [0.2, 0.25) is 0 Å². The van der Waals surface area contributed by atoms with Crippen LogP contribution in [0, 0.1) is 5.82 Å². The van der Waals surface area contributed by atoms with Crippen LogP contribution >= 0.6 is 0 Å². The third kappa shape index (κ3) is 2.96. The molecule has 2 aromatic carbocycles. The third-order valence-electron chi connectivity index (χ3n) is 4.07. The fourth-order valence-electron chi connectivity index (χ4n) is 2.88. The van der Waals surface area contributed by atoms with Gasteiger partial charge in [0, 0.05) is 11.4 Å². The second kappa shape index (κ2) is 6.33. The molecule has 5 nitrogen and oxygen atoms in total. The highest BCUT2D eigenvalue weighted by Crippen LogP contribution is 2.08. The number of amidine groups is 1. The smallest absolute Gasteiger partial charge is 0.133 e. The van der Waals surface area contributed by atoms with Crippen LogP contribution in [0.25, 0.3) is 12.0 Å². The first kappa shape index (κ1) is 14.7. The molecule has 2 aromatic rings. The maximum Gasteiger partial charge on any atom is 0.133 e. The van der Waals surface area contributed by atoms with Crippen molar-refractivity contribution in [1.82, 2.24) is 21.5 Å². The van der Waals surface area contributed by atoms with Gasteiger partial charge in [0.1, 0.15) is 17.5 Å². The monoisotopic (exact) mass is 323 g/mol. The molecule has 0 radical (unpaired) electrons. The van der Waals surface area contributed by atoms with Gasteiger partial charge in [-0.3, -0.25) is 5.43 Å². The molecule has 0 aromatic heterocycles. The van der Waals surface area contributed by atoms with E-state index in [4.69, 9.17) is 0 Å². The molecule has 0 saturated heterocycles. The van der Waals surface area contributed by atoms with E-state index in [1.165, 1.54) is 12.1 Å². The zero-order chi connectivity index (χ0) is 16.4. The number of nitrogens with one attached hydrogen (secondary N) is 4. The van der Waals surface area contributed by atoms with Crippen LogP contribution < -0.4 is 31.9 Å². The lowest BCUT2D eigenvalue weighted by atomic mass is 10.1. The highest BCUT2D eigenvalue weighted by atomic mass is 19.1. The molecular weight excluding hydrogens is 305 g/mol. The third-order valence-corrected chi connectivity index (χ3v) is 4.07. The summed E-state index contributed by atoms with van der Waals surface area (Å²) in [5, 5.41) is 8.89. The van der Waals surface area contributed by atoms with Crippen LogP contribution in [0.3, 0.4) is 0 Å². The van der Waals surface area contributed by atoms with E-state index in [0.717, 1.165) is 46.3 Å². The molecule has 24 heavy (non-hydrogen) atoms. The van der Waals surface area contributed by atoms with Crippen LogP contribution in [-0.2, 0) is 6.42 Å². The normalized spacial score (nSPS) is 14.5. The minimum Gasteiger partial charge on any atom is -0.327 e. The lowest BCUT2D eigenvalue weighted by Gasteiger charge is -2.22. The largest absolute Gasteiger partial charge is 0.327 e. The summed E-state index contributed by atoms with van der Waals surface area (Å²) in [7, 11) is 0. The van der Waals surface area contributed by atoms with Crippen LogP contribution in [-0.4, -0.2) is 18.9 Å². The Morgan fingerprint density at radius 1 is 1.08 bits per heavy atom. The van der Waals surface area contributed by atoms with Crippen LogP contribution in [0.1, 0.15) is 5.56 Å². The number of hydrogen-bond donors (Lipinski definition) is 4. The standard InChI is InChI=1S/C18H18FN5/c19-14-6-4-12(5-7-14)8-9-20-11-16-22-15-3-1-2-13-10-21-24-18(23-16)17(13)15/h1-7,10,20-21,24H,8-9,11H2,(H,22,23). The average Bonchev–Trinajstić information content (AvgIpc) is 2.61. The van der Waals surface area contributed by atoms with Crippen molar-refractivity contribution in [3.8, 4) is 0 Å². The van der Waals surface area contributed by atoms with Gasteiger partial charge in [-0.2, -0.15) is 0 Å². The molecule has 2 aliphatic rings. The fraction of sp³-hybridized carbons (Fsp3) is 0.167. The number of halogens is 1. The molecule has 0 unspecified atom stereocenters. The molecule has 2 heterocycles. The summed E-state index contributed by atoms with van der Waals surface area (Å²) >= 11 is 0. The van der Waals surface area contributed by atoms with E-state index in [0.29, 0.717) is 6.54 Å². The van der Waals surface area contributed by atoms with Gasteiger partial charge in [-0.15, -0.1) is 0 Å². The Kier molecular flexibility index (Phi) is 3.88. The Hall–Kier alpha value is -2.86. The number of benzene rings is 2. The topological polar surface area (TPSA) is 60.5 Å².